The maximum atomic E-state index is 12.6. The fourth-order valence-electron chi connectivity index (χ4n) is 2.50. The lowest BCUT2D eigenvalue weighted by Crippen LogP contribution is -2.29. The SMILES string of the molecule is CCCC1CCc2ccnc(P(P)PP)c2C1=O. The highest BCUT2D eigenvalue weighted by molar-refractivity contribution is 8.63. The Morgan fingerprint density at radius 2 is 2.39 bits per heavy atom. The van der Waals surface area contributed by atoms with E-state index in [1.165, 1.54) is 5.56 Å². The van der Waals surface area contributed by atoms with Gasteiger partial charge >= 0.3 is 0 Å². The lowest BCUT2D eigenvalue weighted by molar-refractivity contribution is 0.0895. The molecule has 0 spiro atoms. The minimum absolute atomic E-state index is 0.228. The van der Waals surface area contributed by atoms with Crippen molar-refractivity contribution in [3.05, 3.63) is 23.4 Å². The van der Waals surface area contributed by atoms with Crippen molar-refractivity contribution in [1.82, 2.24) is 4.98 Å². The van der Waals surface area contributed by atoms with Gasteiger partial charge in [-0.05, 0) is 38.2 Å². The molecule has 1 heterocycles. The highest BCUT2D eigenvalue weighted by Crippen LogP contribution is 2.65. The van der Waals surface area contributed by atoms with E-state index in [4.69, 9.17) is 0 Å². The molecule has 1 aliphatic carbocycles. The van der Waals surface area contributed by atoms with Crippen molar-refractivity contribution in [2.75, 3.05) is 0 Å². The molecule has 0 radical (unpaired) electrons. The molecule has 5 unspecified atom stereocenters. The zero-order chi connectivity index (χ0) is 13.1. The number of Topliss-reactive ketones (excluding diaryl/α,β-unsaturated/α-hetero) is 1. The lowest BCUT2D eigenvalue weighted by atomic mass is 9.81. The van der Waals surface area contributed by atoms with Crippen LogP contribution < -0.4 is 5.44 Å². The first-order valence-corrected chi connectivity index (χ1v) is 12.8. The molecule has 0 amide bonds. The number of fused-ring (bicyclic) bond motifs is 1. The third-order valence-corrected chi connectivity index (χ3v) is 13.2. The molecule has 0 saturated heterocycles. The first-order chi connectivity index (χ1) is 8.69. The average Bonchev–Trinajstić information content (AvgIpc) is 2.40. The largest absolute Gasteiger partial charge is 0.294 e. The lowest BCUT2D eigenvalue weighted by Gasteiger charge is -2.25. The molecule has 1 aromatic heterocycles. The minimum atomic E-state index is -0.368. The van der Waals surface area contributed by atoms with E-state index in [-0.39, 0.29) is 13.2 Å². The maximum absolute atomic E-state index is 12.6. The zero-order valence-corrected chi connectivity index (χ0v) is 14.7. The number of hydrogen-bond acceptors (Lipinski definition) is 2. The predicted molar refractivity (Wildman–Crippen MR) is 89.6 cm³/mol. The molecule has 0 saturated carbocycles. The summed E-state index contributed by atoms with van der Waals surface area (Å²) in [5.41, 5.74) is 3.22. The van der Waals surface area contributed by atoms with Crippen LogP contribution in [0.15, 0.2) is 12.3 Å². The van der Waals surface area contributed by atoms with Gasteiger partial charge in [0.05, 0.1) is 5.44 Å². The summed E-state index contributed by atoms with van der Waals surface area (Å²) >= 11 is 0. The molecule has 98 valence electrons. The molecule has 2 nitrogen and oxygen atoms in total. The van der Waals surface area contributed by atoms with Gasteiger partial charge in [0.1, 0.15) is 0 Å². The fraction of sp³-hybridized carbons (Fsp3) is 0.500. The van der Waals surface area contributed by atoms with E-state index < -0.39 is 0 Å². The number of rotatable bonds is 4. The summed E-state index contributed by atoms with van der Waals surface area (Å²) in [6.45, 7) is 2.15. The van der Waals surface area contributed by atoms with Crippen LogP contribution >= 0.6 is 33.1 Å². The molecule has 0 fully saturated rings. The van der Waals surface area contributed by atoms with Crippen LogP contribution in [0.2, 0.25) is 0 Å². The van der Waals surface area contributed by atoms with Gasteiger partial charge in [-0.3, -0.25) is 9.78 Å². The van der Waals surface area contributed by atoms with E-state index >= 15 is 0 Å². The standard InChI is InChI=1S/C12H19NOP4/c1-2-3-9-5-4-8-6-7-13-12(18(16)17-15)10(8)11(9)14/h6-7,9,17H,2-5,15-16H2,1H3. The van der Waals surface area contributed by atoms with Gasteiger partial charge in [0.15, 0.2) is 5.78 Å². The molecular weight excluding hydrogens is 298 g/mol. The first kappa shape index (κ1) is 14.9. The number of pyridine rings is 1. The van der Waals surface area contributed by atoms with E-state index in [9.17, 15) is 4.79 Å². The van der Waals surface area contributed by atoms with E-state index in [1.807, 2.05) is 12.3 Å². The smallest absolute Gasteiger partial charge is 0.168 e. The Hall–Kier alpha value is 0.540. The van der Waals surface area contributed by atoms with Crippen LogP contribution in [0.3, 0.4) is 0 Å². The van der Waals surface area contributed by atoms with Crippen molar-refractivity contribution in [2.45, 2.75) is 32.6 Å². The Bertz CT molecular complexity index is 452. The van der Waals surface area contributed by atoms with Crippen molar-refractivity contribution in [3.63, 3.8) is 0 Å². The van der Waals surface area contributed by atoms with E-state index in [0.717, 1.165) is 44.6 Å². The molecule has 18 heavy (non-hydrogen) atoms. The summed E-state index contributed by atoms with van der Waals surface area (Å²) in [5.74, 6) is 0.575. The molecule has 0 aromatic carbocycles. The molecule has 1 aromatic rings. The Balaban J connectivity index is 2.41. The quantitative estimate of drug-likeness (QED) is 0.788. The van der Waals surface area contributed by atoms with Gasteiger partial charge in [0.25, 0.3) is 0 Å². The molecular formula is C12H19NOP4. The van der Waals surface area contributed by atoms with Gasteiger partial charge in [0, 0.05) is 17.7 Å². The van der Waals surface area contributed by atoms with E-state index in [2.05, 4.69) is 29.8 Å². The molecule has 5 atom stereocenters. The first-order valence-electron chi connectivity index (χ1n) is 6.22. The van der Waals surface area contributed by atoms with Gasteiger partial charge in [-0.25, -0.2) is 0 Å². The van der Waals surface area contributed by atoms with Crippen molar-refractivity contribution in [3.8, 4) is 0 Å². The highest BCUT2D eigenvalue weighted by Gasteiger charge is 2.30. The minimum Gasteiger partial charge on any atom is -0.294 e. The van der Waals surface area contributed by atoms with Crippen molar-refractivity contribution < 1.29 is 4.79 Å². The van der Waals surface area contributed by atoms with Crippen LogP contribution in [0, 0.1) is 5.92 Å². The van der Waals surface area contributed by atoms with E-state index in [0.29, 0.717) is 5.78 Å². The van der Waals surface area contributed by atoms with Gasteiger partial charge < -0.3 is 0 Å². The van der Waals surface area contributed by atoms with Crippen LogP contribution in [-0.2, 0) is 6.42 Å². The molecule has 0 N–H and O–H groups in total. The Labute approximate surface area is 116 Å². The number of carbonyl (C=O) groups is 1. The number of hydrogen-bond donors (Lipinski definition) is 0. The van der Waals surface area contributed by atoms with Crippen LogP contribution in [0.1, 0.15) is 42.1 Å². The van der Waals surface area contributed by atoms with Crippen LogP contribution in [0.25, 0.3) is 0 Å². The number of aryl methyl sites for hydroxylation is 1. The summed E-state index contributed by atoms with van der Waals surface area (Å²) in [4.78, 5) is 17.1. The van der Waals surface area contributed by atoms with Gasteiger partial charge in [-0.1, -0.05) is 21.3 Å². The Kier molecular flexibility index (Phi) is 5.65. The van der Waals surface area contributed by atoms with Gasteiger partial charge in [0.2, 0.25) is 0 Å². The third-order valence-electron chi connectivity index (χ3n) is 3.40. The predicted octanol–water partition coefficient (Wildman–Crippen LogP) is 3.91. The zero-order valence-electron chi connectivity index (χ0n) is 10.5. The summed E-state index contributed by atoms with van der Waals surface area (Å²) in [5, 5.41) is 0. The van der Waals surface area contributed by atoms with Crippen molar-refractivity contribution in [1.29, 1.82) is 0 Å². The number of nitrogens with zero attached hydrogens (tertiary/aromatic N) is 1. The Morgan fingerprint density at radius 1 is 1.61 bits per heavy atom. The van der Waals surface area contributed by atoms with Crippen LogP contribution in [-0.4, -0.2) is 10.8 Å². The normalized spacial score (nSPS) is 21.3. The molecule has 6 heteroatoms. The number of carbonyl (C=O) groups excluding carboxylic acids is 1. The second-order valence-electron chi connectivity index (χ2n) is 4.56. The summed E-state index contributed by atoms with van der Waals surface area (Å²) in [6.07, 6.45) is 6.02. The third kappa shape index (κ3) is 2.99. The summed E-state index contributed by atoms with van der Waals surface area (Å²) in [6, 6.07) is 2.03. The molecule has 0 bridgehead atoms. The van der Waals surface area contributed by atoms with Crippen LogP contribution in [0.5, 0.6) is 0 Å². The van der Waals surface area contributed by atoms with Gasteiger partial charge in [-0.15, -0.1) is 17.9 Å². The van der Waals surface area contributed by atoms with Gasteiger partial charge in [-0.2, -0.15) is 0 Å². The maximum Gasteiger partial charge on any atom is 0.168 e. The molecule has 1 aliphatic rings. The topological polar surface area (TPSA) is 30.0 Å². The number of ketones is 1. The molecule has 2 rings (SSSR count). The highest BCUT2D eigenvalue weighted by atomic mass is 32.6. The van der Waals surface area contributed by atoms with Crippen LogP contribution in [0.4, 0.5) is 0 Å². The van der Waals surface area contributed by atoms with Crippen molar-refractivity contribution >= 4 is 44.3 Å². The monoisotopic (exact) mass is 317 g/mol. The second-order valence-corrected chi connectivity index (χ2v) is 13.6. The summed E-state index contributed by atoms with van der Waals surface area (Å²) in [7, 11) is 6.04. The molecule has 0 aliphatic heterocycles. The van der Waals surface area contributed by atoms with Crippen molar-refractivity contribution in [2.24, 2.45) is 5.92 Å². The summed E-state index contributed by atoms with van der Waals surface area (Å²) < 4.78 is 0. The average molecular weight is 317 g/mol. The number of aromatic nitrogens is 1. The Morgan fingerprint density at radius 3 is 3.06 bits per heavy atom. The fourth-order valence-corrected chi connectivity index (χ4v) is 5.87. The van der Waals surface area contributed by atoms with E-state index in [1.54, 1.807) is 0 Å². The second kappa shape index (κ2) is 6.81.